The van der Waals surface area contributed by atoms with Crippen LogP contribution in [0.3, 0.4) is 0 Å². The molecule has 1 aliphatic rings. The van der Waals surface area contributed by atoms with E-state index in [1.807, 2.05) is 6.07 Å². The zero-order chi connectivity index (χ0) is 15.2. The minimum absolute atomic E-state index is 0.276. The second kappa shape index (κ2) is 7.07. The molecule has 0 radical (unpaired) electrons. The maximum atomic E-state index is 11.7. The number of carbonyl (C=O) groups is 2. The Hall–Kier alpha value is -2.10. The van der Waals surface area contributed by atoms with Crippen molar-refractivity contribution in [1.82, 2.24) is 0 Å². The number of nitrogens with one attached hydrogen (secondary N) is 1. The van der Waals surface area contributed by atoms with E-state index in [-0.39, 0.29) is 11.3 Å². The van der Waals surface area contributed by atoms with E-state index in [4.69, 9.17) is 26.3 Å². The Morgan fingerprint density at radius 3 is 3.00 bits per heavy atom. The average Bonchev–Trinajstić information content (AvgIpc) is 2.99. The molecule has 0 bridgehead atoms. The van der Waals surface area contributed by atoms with Gasteiger partial charge in [-0.05, 0) is 31.0 Å². The normalized spacial score (nSPS) is 17.0. The maximum absolute atomic E-state index is 11.7. The van der Waals surface area contributed by atoms with Gasteiger partial charge in [-0.15, -0.1) is 0 Å². The molecule has 1 aromatic rings. The van der Waals surface area contributed by atoms with Gasteiger partial charge < -0.3 is 14.8 Å². The van der Waals surface area contributed by atoms with Crippen LogP contribution < -0.4 is 5.32 Å². The third kappa shape index (κ3) is 4.18. The van der Waals surface area contributed by atoms with Crippen molar-refractivity contribution in [2.24, 2.45) is 0 Å². The van der Waals surface area contributed by atoms with Crippen molar-refractivity contribution in [2.45, 2.75) is 18.9 Å². The SMILES string of the molecule is N#Cc1ccc(Cl)cc1NC(=O)COC(=O)[C@H]1CCCO1. The number of halogens is 1. The van der Waals surface area contributed by atoms with E-state index in [9.17, 15) is 9.59 Å². The lowest BCUT2D eigenvalue weighted by molar-refractivity contribution is -0.156. The molecular formula is C14H13ClN2O4. The second-order valence-electron chi connectivity index (χ2n) is 4.46. The van der Waals surface area contributed by atoms with Gasteiger partial charge in [0.05, 0.1) is 11.3 Å². The number of hydrogen-bond acceptors (Lipinski definition) is 5. The first-order valence-corrected chi connectivity index (χ1v) is 6.75. The van der Waals surface area contributed by atoms with Crippen LogP contribution in [0.15, 0.2) is 18.2 Å². The van der Waals surface area contributed by atoms with E-state index in [0.29, 0.717) is 18.1 Å². The molecule has 1 heterocycles. The molecule has 0 spiro atoms. The van der Waals surface area contributed by atoms with E-state index in [2.05, 4.69) is 5.32 Å². The molecule has 1 aliphatic heterocycles. The van der Waals surface area contributed by atoms with Gasteiger partial charge in [-0.1, -0.05) is 11.6 Å². The van der Waals surface area contributed by atoms with Crippen LogP contribution in [0.2, 0.25) is 5.02 Å². The lowest BCUT2D eigenvalue weighted by atomic mass is 10.2. The molecule has 1 aromatic carbocycles. The fraction of sp³-hybridized carbons (Fsp3) is 0.357. The van der Waals surface area contributed by atoms with Crippen molar-refractivity contribution < 1.29 is 19.1 Å². The summed E-state index contributed by atoms with van der Waals surface area (Å²) in [6.07, 6.45) is 0.825. The summed E-state index contributed by atoms with van der Waals surface area (Å²) >= 11 is 5.81. The highest BCUT2D eigenvalue weighted by Gasteiger charge is 2.25. The fourth-order valence-electron chi connectivity index (χ4n) is 1.90. The molecule has 1 fully saturated rings. The number of hydrogen-bond donors (Lipinski definition) is 1. The molecule has 1 saturated heterocycles. The summed E-state index contributed by atoms with van der Waals surface area (Å²) < 4.78 is 10.0. The number of nitrogens with zero attached hydrogens (tertiary/aromatic N) is 1. The fourth-order valence-corrected chi connectivity index (χ4v) is 2.07. The van der Waals surface area contributed by atoms with Gasteiger partial charge in [0.2, 0.25) is 0 Å². The molecular weight excluding hydrogens is 296 g/mol. The van der Waals surface area contributed by atoms with E-state index in [1.54, 1.807) is 6.07 Å². The summed E-state index contributed by atoms with van der Waals surface area (Å²) in [5.41, 5.74) is 0.557. The van der Waals surface area contributed by atoms with Crippen LogP contribution in [0.4, 0.5) is 5.69 Å². The van der Waals surface area contributed by atoms with Gasteiger partial charge in [-0.2, -0.15) is 5.26 Å². The summed E-state index contributed by atoms with van der Waals surface area (Å²) in [7, 11) is 0. The van der Waals surface area contributed by atoms with Gasteiger partial charge >= 0.3 is 5.97 Å². The molecule has 1 N–H and O–H groups in total. The van der Waals surface area contributed by atoms with Gasteiger partial charge in [0.25, 0.3) is 5.91 Å². The molecule has 21 heavy (non-hydrogen) atoms. The van der Waals surface area contributed by atoms with Gasteiger partial charge in [-0.25, -0.2) is 4.79 Å². The predicted octanol–water partition coefficient (Wildman–Crippen LogP) is 1.87. The molecule has 2 rings (SSSR count). The number of amides is 1. The largest absolute Gasteiger partial charge is 0.454 e. The summed E-state index contributed by atoms with van der Waals surface area (Å²) in [6, 6.07) is 6.44. The average molecular weight is 309 g/mol. The molecule has 0 unspecified atom stereocenters. The van der Waals surface area contributed by atoms with Crippen molar-refractivity contribution in [3.63, 3.8) is 0 Å². The Morgan fingerprint density at radius 2 is 2.33 bits per heavy atom. The van der Waals surface area contributed by atoms with Crippen molar-refractivity contribution in [3.8, 4) is 6.07 Å². The Labute approximate surface area is 126 Å². The van der Waals surface area contributed by atoms with Gasteiger partial charge in [-0.3, -0.25) is 4.79 Å². The first kappa shape index (κ1) is 15.3. The standard InChI is InChI=1S/C14H13ClN2O4/c15-10-4-3-9(7-16)11(6-10)17-13(18)8-21-14(19)12-2-1-5-20-12/h3-4,6,12H,1-2,5,8H2,(H,17,18)/t12-/m1/s1. The van der Waals surface area contributed by atoms with Gasteiger partial charge in [0.1, 0.15) is 6.07 Å². The van der Waals surface area contributed by atoms with Crippen molar-refractivity contribution in [1.29, 1.82) is 5.26 Å². The highest BCUT2D eigenvalue weighted by Crippen LogP contribution is 2.20. The number of benzene rings is 1. The number of nitriles is 1. The summed E-state index contributed by atoms with van der Waals surface area (Å²) in [5.74, 6) is -1.09. The Morgan fingerprint density at radius 1 is 1.52 bits per heavy atom. The van der Waals surface area contributed by atoms with E-state index >= 15 is 0 Å². The van der Waals surface area contributed by atoms with Gasteiger partial charge in [0, 0.05) is 11.6 Å². The first-order valence-electron chi connectivity index (χ1n) is 6.38. The number of esters is 1. The third-order valence-electron chi connectivity index (χ3n) is 2.91. The molecule has 6 nitrogen and oxygen atoms in total. The van der Waals surface area contributed by atoms with Crippen LogP contribution in [0.1, 0.15) is 18.4 Å². The lowest BCUT2D eigenvalue weighted by Gasteiger charge is -2.10. The van der Waals surface area contributed by atoms with Crippen LogP contribution in [-0.2, 0) is 19.1 Å². The number of carbonyl (C=O) groups excluding carboxylic acids is 2. The molecule has 0 saturated carbocycles. The van der Waals surface area contributed by atoms with Crippen LogP contribution in [0, 0.1) is 11.3 Å². The zero-order valence-electron chi connectivity index (χ0n) is 11.1. The number of rotatable bonds is 4. The first-order chi connectivity index (χ1) is 10.1. The summed E-state index contributed by atoms with van der Waals surface area (Å²) in [5, 5.41) is 11.8. The molecule has 1 amide bonds. The smallest absolute Gasteiger partial charge is 0.335 e. The quantitative estimate of drug-likeness (QED) is 0.858. The van der Waals surface area contributed by atoms with Crippen LogP contribution >= 0.6 is 11.6 Å². The lowest BCUT2D eigenvalue weighted by Crippen LogP contribution is -2.27. The van der Waals surface area contributed by atoms with E-state index < -0.39 is 24.6 Å². The highest BCUT2D eigenvalue weighted by molar-refractivity contribution is 6.31. The third-order valence-corrected chi connectivity index (χ3v) is 3.15. The summed E-state index contributed by atoms with van der Waals surface area (Å²) in [6.45, 7) is 0.0933. The summed E-state index contributed by atoms with van der Waals surface area (Å²) in [4.78, 5) is 23.3. The van der Waals surface area contributed by atoms with Gasteiger partial charge in [0.15, 0.2) is 12.7 Å². The van der Waals surface area contributed by atoms with E-state index in [1.165, 1.54) is 12.1 Å². The van der Waals surface area contributed by atoms with Crippen molar-refractivity contribution in [3.05, 3.63) is 28.8 Å². The van der Waals surface area contributed by atoms with E-state index in [0.717, 1.165) is 6.42 Å². The van der Waals surface area contributed by atoms with Crippen LogP contribution in [0.5, 0.6) is 0 Å². The molecule has 0 aromatic heterocycles. The van der Waals surface area contributed by atoms with Crippen LogP contribution in [-0.4, -0.2) is 31.2 Å². The minimum Gasteiger partial charge on any atom is -0.454 e. The highest BCUT2D eigenvalue weighted by atomic mass is 35.5. The number of anilines is 1. The minimum atomic E-state index is -0.585. The Kier molecular flexibility index (Phi) is 5.14. The molecule has 110 valence electrons. The predicted molar refractivity (Wildman–Crippen MR) is 74.7 cm³/mol. The maximum Gasteiger partial charge on any atom is 0.335 e. The Bertz CT molecular complexity index is 591. The van der Waals surface area contributed by atoms with Crippen molar-refractivity contribution in [2.75, 3.05) is 18.5 Å². The second-order valence-corrected chi connectivity index (χ2v) is 4.90. The Balaban J connectivity index is 1.88. The zero-order valence-corrected chi connectivity index (χ0v) is 11.9. The topological polar surface area (TPSA) is 88.4 Å². The molecule has 7 heteroatoms. The molecule has 1 atom stereocenters. The van der Waals surface area contributed by atoms with Crippen molar-refractivity contribution >= 4 is 29.2 Å². The monoisotopic (exact) mass is 308 g/mol. The molecule has 0 aliphatic carbocycles. The number of ether oxygens (including phenoxy) is 2. The van der Waals surface area contributed by atoms with Crippen LogP contribution in [0.25, 0.3) is 0 Å².